The summed E-state index contributed by atoms with van der Waals surface area (Å²) in [6, 6.07) is 10.3. The van der Waals surface area contributed by atoms with E-state index >= 15 is 0 Å². The van der Waals surface area contributed by atoms with Crippen LogP contribution in [-0.2, 0) is 16.1 Å². The molecule has 2 N–H and O–H groups in total. The number of aromatic hydroxyl groups is 2. The van der Waals surface area contributed by atoms with Crippen LogP contribution in [0.5, 0.6) is 17.2 Å². The van der Waals surface area contributed by atoms with E-state index in [4.69, 9.17) is 9.47 Å². The predicted molar refractivity (Wildman–Crippen MR) is 90.8 cm³/mol. The first-order chi connectivity index (χ1) is 12.1. The van der Waals surface area contributed by atoms with Gasteiger partial charge in [-0.15, -0.1) is 0 Å². The second-order valence-electron chi connectivity index (χ2n) is 6.80. The number of ketones is 1. The number of rotatable bonds is 3. The van der Waals surface area contributed by atoms with Gasteiger partial charge in [-0.3, -0.25) is 4.79 Å². The van der Waals surface area contributed by atoms with Gasteiger partial charge >= 0.3 is 0 Å². The largest absolute Gasteiger partial charge is 0.508 e. The van der Waals surface area contributed by atoms with E-state index in [1.165, 1.54) is 0 Å². The van der Waals surface area contributed by atoms with E-state index in [9.17, 15) is 15.0 Å². The zero-order valence-electron chi connectivity index (χ0n) is 13.9. The first kappa shape index (κ1) is 16.0. The van der Waals surface area contributed by atoms with Crippen LogP contribution in [0.15, 0.2) is 36.4 Å². The molecule has 5 nitrogen and oxygen atoms in total. The molecule has 0 spiro atoms. The van der Waals surface area contributed by atoms with E-state index in [2.05, 4.69) is 0 Å². The van der Waals surface area contributed by atoms with Gasteiger partial charge in [0, 0.05) is 42.9 Å². The number of phenols is 2. The molecule has 0 radical (unpaired) electrons. The molecule has 0 bridgehead atoms. The summed E-state index contributed by atoms with van der Waals surface area (Å²) in [5, 5.41) is 19.6. The molecule has 2 aromatic rings. The van der Waals surface area contributed by atoms with Crippen molar-refractivity contribution in [3.05, 3.63) is 53.1 Å². The fourth-order valence-electron chi connectivity index (χ4n) is 4.12. The first-order valence-electron chi connectivity index (χ1n) is 8.39. The number of hydrogen-bond acceptors (Lipinski definition) is 5. The Morgan fingerprint density at radius 1 is 1.12 bits per heavy atom. The zero-order chi connectivity index (χ0) is 17.6. The third-order valence-corrected chi connectivity index (χ3v) is 5.16. The number of ether oxygens (including phenoxy) is 2. The van der Waals surface area contributed by atoms with Crippen molar-refractivity contribution in [2.45, 2.75) is 31.5 Å². The van der Waals surface area contributed by atoms with E-state index in [0.717, 1.165) is 16.7 Å². The van der Waals surface area contributed by atoms with Crippen molar-refractivity contribution in [2.75, 3.05) is 7.11 Å². The lowest BCUT2D eigenvalue weighted by molar-refractivity contribution is -0.117. The smallest absolute Gasteiger partial charge is 0.133 e. The Kier molecular flexibility index (Phi) is 3.88. The van der Waals surface area contributed by atoms with Gasteiger partial charge in [0.2, 0.25) is 0 Å². The molecule has 1 heterocycles. The van der Waals surface area contributed by atoms with Crippen molar-refractivity contribution in [3.8, 4) is 17.2 Å². The van der Waals surface area contributed by atoms with Crippen LogP contribution >= 0.6 is 0 Å². The molecular formula is C20H20O5. The lowest BCUT2D eigenvalue weighted by Gasteiger charge is -2.37. The molecule has 0 unspecified atom stereocenters. The zero-order valence-corrected chi connectivity index (χ0v) is 13.9. The number of methoxy groups -OCH3 is 1. The van der Waals surface area contributed by atoms with Gasteiger partial charge in [-0.1, -0.05) is 12.1 Å². The average molecular weight is 340 g/mol. The summed E-state index contributed by atoms with van der Waals surface area (Å²) in [5.74, 6) is 1.33. The van der Waals surface area contributed by atoms with Gasteiger partial charge in [-0.2, -0.15) is 0 Å². The molecule has 1 saturated carbocycles. The maximum Gasteiger partial charge on any atom is 0.133 e. The highest BCUT2D eigenvalue weighted by Crippen LogP contribution is 2.54. The van der Waals surface area contributed by atoms with E-state index < -0.39 is 0 Å². The van der Waals surface area contributed by atoms with Gasteiger partial charge in [-0.25, -0.2) is 0 Å². The van der Waals surface area contributed by atoms with Crippen molar-refractivity contribution < 1.29 is 24.5 Å². The third-order valence-electron chi connectivity index (χ3n) is 5.16. The van der Waals surface area contributed by atoms with Crippen LogP contribution in [0.3, 0.4) is 0 Å². The monoisotopic (exact) mass is 340 g/mol. The number of fused-ring (bicyclic) bond motifs is 3. The maximum atomic E-state index is 12.2. The minimum Gasteiger partial charge on any atom is -0.508 e. The quantitative estimate of drug-likeness (QED) is 0.895. The van der Waals surface area contributed by atoms with Gasteiger partial charge in [0.15, 0.2) is 0 Å². The average Bonchev–Trinajstić information content (AvgIpc) is 2.97. The minimum absolute atomic E-state index is 0.0257. The van der Waals surface area contributed by atoms with Gasteiger partial charge in [0.05, 0.1) is 6.61 Å². The Morgan fingerprint density at radius 3 is 2.60 bits per heavy atom. The molecule has 1 fully saturated rings. The number of carbonyl (C=O) groups excluding carboxylic acids is 1. The van der Waals surface area contributed by atoms with Gasteiger partial charge < -0.3 is 19.7 Å². The van der Waals surface area contributed by atoms with Crippen molar-refractivity contribution in [1.29, 1.82) is 0 Å². The highest BCUT2D eigenvalue weighted by Gasteiger charge is 2.46. The number of phenolic OH excluding ortho intramolecular Hbond substituents is 2. The molecule has 3 atom stereocenters. The van der Waals surface area contributed by atoms with Crippen molar-refractivity contribution >= 4 is 5.78 Å². The summed E-state index contributed by atoms with van der Waals surface area (Å²) in [7, 11) is 1.60. The van der Waals surface area contributed by atoms with E-state index in [1.54, 1.807) is 31.4 Å². The topological polar surface area (TPSA) is 76.0 Å². The summed E-state index contributed by atoms with van der Waals surface area (Å²) in [4.78, 5) is 12.2. The minimum atomic E-state index is -0.260. The molecule has 25 heavy (non-hydrogen) atoms. The molecule has 0 saturated heterocycles. The van der Waals surface area contributed by atoms with Gasteiger partial charge in [-0.05, 0) is 29.8 Å². The number of Topliss-reactive ketones (excluding diaryl/α,β-unsaturated/α-hetero) is 1. The predicted octanol–water partition coefficient (Wildman–Crippen LogP) is 3.44. The number of hydrogen-bond donors (Lipinski definition) is 2. The molecule has 0 amide bonds. The third kappa shape index (κ3) is 2.74. The Hall–Kier alpha value is -2.53. The van der Waals surface area contributed by atoms with Crippen LogP contribution in [0.1, 0.15) is 41.6 Å². The molecule has 1 aliphatic carbocycles. The number of carbonyl (C=O) groups is 1. The Morgan fingerprint density at radius 2 is 1.88 bits per heavy atom. The summed E-state index contributed by atoms with van der Waals surface area (Å²) in [6.07, 6.45) is 0.667. The van der Waals surface area contributed by atoms with E-state index in [-0.39, 0.29) is 35.2 Å². The fourth-order valence-corrected chi connectivity index (χ4v) is 4.12. The second-order valence-corrected chi connectivity index (χ2v) is 6.80. The van der Waals surface area contributed by atoms with Crippen LogP contribution in [-0.4, -0.2) is 23.1 Å². The normalized spacial score (nSPS) is 24.5. The summed E-state index contributed by atoms with van der Waals surface area (Å²) < 4.78 is 11.6. The molecule has 2 aromatic carbocycles. The van der Waals surface area contributed by atoms with Crippen LogP contribution in [0.2, 0.25) is 0 Å². The Labute approximate surface area is 145 Å². The Bertz CT molecular complexity index is 812. The molecule has 2 aliphatic rings. The molecule has 1 aliphatic heterocycles. The van der Waals surface area contributed by atoms with Gasteiger partial charge in [0.1, 0.15) is 29.1 Å². The van der Waals surface area contributed by atoms with E-state index in [1.807, 2.05) is 12.1 Å². The highest BCUT2D eigenvalue weighted by molar-refractivity contribution is 5.83. The van der Waals surface area contributed by atoms with Crippen LogP contribution < -0.4 is 4.74 Å². The lowest BCUT2D eigenvalue weighted by atomic mass is 9.79. The summed E-state index contributed by atoms with van der Waals surface area (Å²) >= 11 is 0. The standard InChI is InChI=1S/C20H20O5/c1-24-10-12-6-14(22)8-18-16-7-15(23)9-17(16)19(25-20(12)18)11-2-4-13(21)5-3-11/h2-6,8,16-17,19,21-22H,7,9-10H2,1H3/t16-,17+,19+/m1/s1. The molecule has 4 rings (SSSR count). The molecule has 5 heteroatoms. The van der Waals surface area contributed by atoms with E-state index in [0.29, 0.717) is 25.2 Å². The van der Waals surface area contributed by atoms with Crippen LogP contribution in [0, 0.1) is 5.92 Å². The highest BCUT2D eigenvalue weighted by atomic mass is 16.5. The number of benzene rings is 2. The summed E-state index contributed by atoms with van der Waals surface area (Å²) in [6.45, 7) is 0.324. The van der Waals surface area contributed by atoms with Crippen molar-refractivity contribution in [1.82, 2.24) is 0 Å². The molecular weight excluding hydrogens is 320 g/mol. The van der Waals surface area contributed by atoms with Crippen molar-refractivity contribution in [2.24, 2.45) is 5.92 Å². The summed E-state index contributed by atoms with van der Waals surface area (Å²) in [5.41, 5.74) is 2.60. The maximum absolute atomic E-state index is 12.2. The van der Waals surface area contributed by atoms with Crippen molar-refractivity contribution in [3.63, 3.8) is 0 Å². The fraction of sp³-hybridized carbons (Fsp3) is 0.350. The SMILES string of the molecule is COCc1cc(O)cc2c1O[C@@H](c1ccc(O)cc1)[C@H]1CC(=O)C[C@@H]21. The first-order valence-corrected chi connectivity index (χ1v) is 8.39. The van der Waals surface area contributed by atoms with Crippen LogP contribution in [0.25, 0.3) is 0 Å². The lowest BCUT2D eigenvalue weighted by Crippen LogP contribution is -2.27. The molecule has 130 valence electrons. The van der Waals surface area contributed by atoms with Crippen LogP contribution in [0.4, 0.5) is 0 Å². The Balaban J connectivity index is 1.83. The molecule has 0 aromatic heterocycles. The van der Waals surface area contributed by atoms with Gasteiger partial charge in [0.25, 0.3) is 0 Å². The second kappa shape index (κ2) is 6.08.